The molecule has 1 unspecified atom stereocenters. The van der Waals surface area contributed by atoms with Crippen molar-refractivity contribution in [2.75, 3.05) is 12.8 Å². The number of morpholine rings is 1. The van der Waals surface area contributed by atoms with E-state index in [-0.39, 0.29) is 22.8 Å². The van der Waals surface area contributed by atoms with Gasteiger partial charge < -0.3 is 20.1 Å². The average molecular weight is 418 g/mol. The first-order valence-corrected chi connectivity index (χ1v) is 10.1. The van der Waals surface area contributed by atoms with Crippen LogP contribution in [0.2, 0.25) is 0 Å². The van der Waals surface area contributed by atoms with E-state index >= 15 is 0 Å². The molecule has 2 bridgehead atoms. The van der Waals surface area contributed by atoms with Crippen molar-refractivity contribution in [3.63, 3.8) is 0 Å². The predicted molar refractivity (Wildman–Crippen MR) is 111 cm³/mol. The molecule has 4 atom stereocenters. The number of nitrogens with zero attached hydrogens (tertiary/aromatic N) is 4. The minimum absolute atomic E-state index is 0.00580. The second-order valence-electron chi connectivity index (χ2n) is 10.5. The average Bonchev–Trinajstić information content (AvgIpc) is 3.15. The van der Waals surface area contributed by atoms with Crippen LogP contribution in [0.5, 0.6) is 0 Å². The Morgan fingerprint density at radius 3 is 2.53 bits per heavy atom. The molecule has 2 aromatic heterocycles. The van der Waals surface area contributed by atoms with Crippen LogP contribution in [0.25, 0.3) is 11.2 Å². The number of nitrogens with two attached hydrogens (primary N) is 1. The highest BCUT2D eigenvalue weighted by atomic mass is 16.6. The second kappa shape index (κ2) is 6.27. The Morgan fingerprint density at radius 2 is 1.93 bits per heavy atom. The number of hydrogen-bond donors (Lipinski definition) is 2. The molecule has 0 aromatic carbocycles. The molecule has 1 amide bonds. The molecule has 0 saturated carbocycles. The number of nitrogen functional groups attached to an aromatic ring is 1. The van der Waals surface area contributed by atoms with Crippen LogP contribution >= 0.6 is 0 Å². The molecular weight excluding hydrogens is 388 g/mol. The van der Waals surface area contributed by atoms with Gasteiger partial charge in [-0.1, -0.05) is 20.8 Å². The van der Waals surface area contributed by atoms with Crippen molar-refractivity contribution in [2.45, 2.75) is 77.5 Å². The third-order valence-corrected chi connectivity index (χ3v) is 5.52. The quantitative estimate of drug-likeness (QED) is 0.771. The third kappa shape index (κ3) is 3.09. The molecular formula is C20H30N6O4. The summed E-state index contributed by atoms with van der Waals surface area (Å²) in [6.45, 7) is 12.1. The maximum atomic E-state index is 13.4. The van der Waals surface area contributed by atoms with E-state index in [1.807, 2.05) is 20.8 Å². The van der Waals surface area contributed by atoms with Crippen LogP contribution in [-0.4, -0.2) is 60.7 Å². The first kappa shape index (κ1) is 20.8. The Bertz CT molecular complexity index is 1060. The number of carbonyl (C=O) groups excluding carboxylic acids is 1. The van der Waals surface area contributed by atoms with E-state index in [1.54, 1.807) is 16.5 Å². The number of likely N-dealkylation sites (tertiary alicyclic amines) is 1. The summed E-state index contributed by atoms with van der Waals surface area (Å²) < 4.78 is 14.6. The lowest BCUT2D eigenvalue weighted by Crippen LogP contribution is -2.52. The van der Waals surface area contributed by atoms with Gasteiger partial charge in [0.1, 0.15) is 12.1 Å². The standard InChI is InChI=1S/C20H30N6O4/c1-18(2,3)8-20-12(29-19(4,5)6)11(25(7)16(20)28)15(30-20)26-9-22-10-13(26)23-17(21)24-14(10)27/h9,11-12,15H,8H2,1-7H3,(H3,21,23,24,27)/t11-,12?,15+,20+/m0/s1. The highest BCUT2D eigenvalue weighted by molar-refractivity contribution is 5.90. The number of fused-ring (bicyclic) bond motifs is 3. The highest BCUT2D eigenvalue weighted by Gasteiger charge is 2.70. The van der Waals surface area contributed by atoms with Gasteiger partial charge in [0.15, 0.2) is 23.0 Å². The van der Waals surface area contributed by atoms with E-state index in [9.17, 15) is 9.59 Å². The number of amides is 1. The Hall–Kier alpha value is -2.46. The molecule has 2 fully saturated rings. The normalized spacial score (nSPS) is 29.4. The summed E-state index contributed by atoms with van der Waals surface area (Å²) in [5.74, 6) is -0.101. The summed E-state index contributed by atoms with van der Waals surface area (Å²) in [6, 6.07) is -0.404. The van der Waals surface area contributed by atoms with E-state index in [4.69, 9.17) is 15.2 Å². The van der Waals surface area contributed by atoms with Crippen LogP contribution < -0.4 is 11.3 Å². The van der Waals surface area contributed by atoms with Crippen molar-refractivity contribution in [1.82, 2.24) is 24.4 Å². The monoisotopic (exact) mass is 418 g/mol. The minimum Gasteiger partial charge on any atom is -0.369 e. The number of H-pyrrole nitrogens is 1. The molecule has 4 heterocycles. The molecule has 2 saturated heterocycles. The number of likely N-dealkylation sites (N-methyl/N-ethyl adjacent to an activating group) is 1. The molecule has 30 heavy (non-hydrogen) atoms. The van der Waals surface area contributed by atoms with Gasteiger partial charge in [-0.2, -0.15) is 4.98 Å². The SMILES string of the molecule is CN1C(=O)[C@]2(CC(C)(C)C)O[C@@H](n3cnc4c(=O)[nH]c(N)nc43)[C@@H]1C2OC(C)(C)C. The fraction of sp³-hybridized carbons (Fsp3) is 0.700. The molecule has 10 nitrogen and oxygen atoms in total. The van der Waals surface area contributed by atoms with Crippen LogP contribution in [0, 0.1) is 5.41 Å². The number of aromatic amines is 1. The molecule has 10 heteroatoms. The maximum Gasteiger partial charge on any atom is 0.280 e. The van der Waals surface area contributed by atoms with Crippen LogP contribution in [0.15, 0.2) is 11.1 Å². The van der Waals surface area contributed by atoms with Gasteiger partial charge in [0.05, 0.1) is 11.9 Å². The molecule has 2 aliphatic heterocycles. The lowest BCUT2D eigenvalue weighted by Gasteiger charge is -2.38. The first-order valence-electron chi connectivity index (χ1n) is 10.1. The molecule has 2 aromatic rings. The summed E-state index contributed by atoms with van der Waals surface area (Å²) in [5, 5.41) is 0. The van der Waals surface area contributed by atoms with Gasteiger partial charge in [0.25, 0.3) is 11.5 Å². The van der Waals surface area contributed by atoms with Crippen molar-refractivity contribution < 1.29 is 14.3 Å². The van der Waals surface area contributed by atoms with Gasteiger partial charge in [-0.3, -0.25) is 19.1 Å². The Labute approximate surface area is 174 Å². The number of carbonyl (C=O) groups is 1. The largest absolute Gasteiger partial charge is 0.369 e. The third-order valence-electron chi connectivity index (χ3n) is 5.52. The number of anilines is 1. The van der Waals surface area contributed by atoms with Crippen LogP contribution in [0.3, 0.4) is 0 Å². The summed E-state index contributed by atoms with van der Waals surface area (Å²) in [5.41, 5.74) is 4.02. The van der Waals surface area contributed by atoms with Crippen LogP contribution in [0.4, 0.5) is 5.95 Å². The number of rotatable bonds is 3. The van der Waals surface area contributed by atoms with Crippen molar-refractivity contribution in [3.8, 4) is 0 Å². The maximum absolute atomic E-state index is 13.4. The fourth-order valence-corrected chi connectivity index (χ4v) is 4.68. The molecule has 0 spiro atoms. The summed E-state index contributed by atoms with van der Waals surface area (Å²) in [4.78, 5) is 38.2. The zero-order valence-electron chi connectivity index (χ0n) is 18.5. The molecule has 3 N–H and O–H groups in total. The van der Waals surface area contributed by atoms with Gasteiger partial charge in [0, 0.05) is 7.05 Å². The van der Waals surface area contributed by atoms with E-state index < -0.39 is 35.1 Å². The zero-order chi connectivity index (χ0) is 22.2. The predicted octanol–water partition coefficient (Wildman–Crippen LogP) is 1.43. The van der Waals surface area contributed by atoms with Gasteiger partial charge >= 0.3 is 0 Å². The summed E-state index contributed by atoms with van der Waals surface area (Å²) in [7, 11) is 1.76. The van der Waals surface area contributed by atoms with E-state index in [0.29, 0.717) is 12.1 Å². The van der Waals surface area contributed by atoms with E-state index in [2.05, 4.69) is 35.7 Å². The van der Waals surface area contributed by atoms with Crippen LogP contribution in [0.1, 0.15) is 54.2 Å². The molecule has 164 valence electrons. The van der Waals surface area contributed by atoms with Crippen molar-refractivity contribution in [1.29, 1.82) is 0 Å². The topological polar surface area (TPSA) is 128 Å². The molecule has 0 aliphatic carbocycles. The Balaban J connectivity index is 1.87. The van der Waals surface area contributed by atoms with Crippen LogP contribution in [-0.2, 0) is 14.3 Å². The highest BCUT2D eigenvalue weighted by Crippen LogP contribution is 2.53. The Kier molecular flexibility index (Phi) is 4.35. The van der Waals surface area contributed by atoms with E-state index in [0.717, 1.165) is 0 Å². The smallest absolute Gasteiger partial charge is 0.280 e. The van der Waals surface area contributed by atoms with Gasteiger partial charge in [-0.05, 0) is 32.6 Å². The van der Waals surface area contributed by atoms with Crippen molar-refractivity contribution >= 4 is 23.0 Å². The second-order valence-corrected chi connectivity index (χ2v) is 10.5. The summed E-state index contributed by atoms with van der Waals surface area (Å²) in [6.07, 6.45) is 0.895. The first-order chi connectivity index (χ1) is 13.7. The number of hydrogen-bond acceptors (Lipinski definition) is 7. The molecule has 0 radical (unpaired) electrons. The van der Waals surface area contributed by atoms with Gasteiger partial charge in [0.2, 0.25) is 5.95 Å². The summed E-state index contributed by atoms with van der Waals surface area (Å²) >= 11 is 0. The van der Waals surface area contributed by atoms with Gasteiger partial charge in [-0.25, -0.2) is 4.98 Å². The number of ether oxygens (including phenoxy) is 2. The van der Waals surface area contributed by atoms with Crippen molar-refractivity contribution in [2.24, 2.45) is 5.41 Å². The minimum atomic E-state index is -1.14. The van der Waals surface area contributed by atoms with Gasteiger partial charge in [-0.15, -0.1) is 0 Å². The molecule has 4 rings (SSSR count). The zero-order valence-corrected chi connectivity index (χ0v) is 18.5. The molecule has 2 aliphatic rings. The Morgan fingerprint density at radius 1 is 1.27 bits per heavy atom. The van der Waals surface area contributed by atoms with E-state index in [1.165, 1.54) is 6.33 Å². The fourth-order valence-electron chi connectivity index (χ4n) is 4.68. The lowest BCUT2D eigenvalue weighted by atomic mass is 9.79. The van der Waals surface area contributed by atoms with Crippen molar-refractivity contribution in [3.05, 3.63) is 16.7 Å². The lowest BCUT2D eigenvalue weighted by molar-refractivity contribution is -0.186. The number of nitrogens with one attached hydrogen (secondary N) is 1. The number of aromatic nitrogens is 4. The number of imidazole rings is 1.